The summed E-state index contributed by atoms with van der Waals surface area (Å²) >= 11 is 0. The third-order valence-corrected chi connectivity index (χ3v) is 4.13. The topological polar surface area (TPSA) is 87.7 Å². The lowest BCUT2D eigenvalue weighted by molar-refractivity contribution is -0.274. The Morgan fingerprint density at radius 3 is 2.69 bits per heavy atom. The first-order chi connectivity index (χ1) is 13.8. The van der Waals surface area contributed by atoms with Gasteiger partial charge in [0.25, 0.3) is 5.56 Å². The van der Waals surface area contributed by atoms with E-state index in [1.807, 2.05) is 0 Å². The summed E-state index contributed by atoms with van der Waals surface area (Å²) in [6, 6.07) is 6.56. The van der Waals surface area contributed by atoms with Crippen LogP contribution in [0.25, 0.3) is 22.2 Å². The Morgan fingerprint density at radius 1 is 1.17 bits per heavy atom. The monoisotopic (exact) mass is 404 g/mol. The van der Waals surface area contributed by atoms with Crippen LogP contribution in [0.2, 0.25) is 0 Å². The number of fused-ring (bicyclic) bond motifs is 3. The number of rotatable bonds is 3. The predicted molar refractivity (Wildman–Crippen MR) is 94.1 cm³/mol. The lowest BCUT2D eigenvalue weighted by atomic mass is 10.2. The highest BCUT2D eigenvalue weighted by Crippen LogP contribution is 2.24. The second kappa shape index (κ2) is 6.62. The molecule has 1 aromatic carbocycles. The fourth-order valence-corrected chi connectivity index (χ4v) is 2.90. The molecule has 0 bridgehead atoms. The van der Waals surface area contributed by atoms with Gasteiger partial charge in [-0.15, -0.1) is 13.2 Å². The molecule has 0 aliphatic rings. The van der Waals surface area contributed by atoms with Crippen molar-refractivity contribution in [1.82, 2.24) is 19.2 Å². The molecule has 0 fully saturated rings. The van der Waals surface area contributed by atoms with E-state index in [1.54, 1.807) is 0 Å². The van der Waals surface area contributed by atoms with E-state index in [2.05, 4.69) is 19.6 Å². The molecule has 0 aliphatic heterocycles. The molecule has 0 aliphatic carbocycles. The van der Waals surface area contributed by atoms with Crippen LogP contribution in [0.4, 0.5) is 13.2 Å². The minimum absolute atomic E-state index is 0.135. The third kappa shape index (κ3) is 3.26. The van der Waals surface area contributed by atoms with Crippen molar-refractivity contribution in [2.45, 2.75) is 6.36 Å². The van der Waals surface area contributed by atoms with Gasteiger partial charge in [-0.3, -0.25) is 9.36 Å². The Kier molecular flexibility index (Phi) is 4.22. The van der Waals surface area contributed by atoms with E-state index in [9.17, 15) is 22.8 Å². The van der Waals surface area contributed by atoms with Crippen LogP contribution in [-0.4, -0.2) is 38.6 Å². The summed E-state index contributed by atoms with van der Waals surface area (Å²) in [6.07, 6.45) is -0.916. The molecular weight excluding hydrogens is 393 g/mol. The number of benzene rings is 1. The van der Waals surface area contributed by atoms with Gasteiger partial charge in [-0.25, -0.2) is 14.3 Å². The number of esters is 1. The number of nitrogens with zero attached hydrogens (tertiary/aromatic N) is 4. The Morgan fingerprint density at radius 2 is 1.97 bits per heavy atom. The first kappa shape index (κ1) is 18.5. The Labute approximate surface area is 159 Å². The number of aromatic nitrogens is 4. The molecule has 8 nitrogen and oxygen atoms in total. The summed E-state index contributed by atoms with van der Waals surface area (Å²) in [5.74, 6) is -1.08. The van der Waals surface area contributed by atoms with Crippen LogP contribution < -0.4 is 10.3 Å². The van der Waals surface area contributed by atoms with Gasteiger partial charge in [-0.2, -0.15) is 5.10 Å². The summed E-state index contributed by atoms with van der Waals surface area (Å²) in [5, 5.41) is 4.23. The number of hydrogen-bond donors (Lipinski definition) is 0. The normalized spacial score (nSPS) is 11.7. The SMILES string of the molecule is COC(=O)c1cnn2c1ncc1c(=O)n(-c3cccc(OC(F)(F)F)c3)ccc12. The highest BCUT2D eigenvalue weighted by atomic mass is 19.4. The second-order valence-corrected chi connectivity index (χ2v) is 5.88. The summed E-state index contributed by atoms with van der Waals surface area (Å²) in [5.41, 5.74) is 0.359. The molecule has 0 atom stereocenters. The fraction of sp³-hybridized carbons (Fsp3) is 0.111. The number of halogens is 3. The summed E-state index contributed by atoms with van der Waals surface area (Å²) < 4.78 is 48.4. The number of carbonyl (C=O) groups is 1. The van der Waals surface area contributed by atoms with Gasteiger partial charge in [-0.1, -0.05) is 6.07 Å². The van der Waals surface area contributed by atoms with Gasteiger partial charge < -0.3 is 9.47 Å². The van der Waals surface area contributed by atoms with Crippen LogP contribution in [0.1, 0.15) is 10.4 Å². The number of pyridine rings is 1. The Balaban J connectivity index is 1.85. The molecule has 3 aromatic heterocycles. The van der Waals surface area contributed by atoms with Crippen LogP contribution >= 0.6 is 0 Å². The van der Waals surface area contributed by atoms with Crippen molar-refractivity contribution in [3.63, 3.8) is 0 Å². The first-order valence-corrected chi connectivity index (χ1v) is 8.11. The van der Waals surface area contributed by atoms with Crippen molar-refractivity contribution in [1.29, 1.82) is 0 Å². The van der Waals surface area contributed by atoms with E-state index in [4.69, 9.17) is 0 Å². The van der Waals surface area contributed by atoms with Gasteiger partial charge in [0.05, 0.1) is 29.9 Å². The number of methoxy groups -OCH3 is 1. The molecule has 148 valence electrons. The largest absolute Gasteiger partial charge is 0.573 e. The zero-order chi connectivity index (χ0) is 20.8. The molecule has 0 radical (unpaired) electrons. The van der Waals surface area contributed by atoms with Crippen LogP contribution in [-0.2, 0) is 4.74 Å². The van der Waals surface area contributed by atoms with E-state index < -0.39 is 23.6 Å². The van der Waals surface area contributed by atoms with Crippen molar-refractivity contribution in [2.24, 2.45) is 0 Å². The van der Waals surface area contributed by atoms with E-state index in [-0.39, 0.29) is 22.3 Å². The molecule has 0 N–H and O–H groups in total. The molecule has 4 aromatic rings. The van der Waals surface area contributed by atoms with Crippen LogP contribution in [0, 0.1) is 0 Å². The van der Waals surface area contributed by atoms with Gasteiger partial charge >= 0.3 is 12.3 Å². The lowest BCUT2D eigenvalue weighted by Crippen LogP contribution is -2.20. The predicted octanol–water partition coefficient (Wildman–Crippen LogP) is 2.72. The Hall–Kier alpha value is -3.89. The van der Waals surface area contributed by atoms with Crippen LogP contribution in [0.3, 0.4) is 0 Å². The molecule has 0 saturated carbocycles. The van der Waals surface area contributed by atoms with Crippen molar-refractivity contribution in [3.8, 4) is 11.4 Å². The number of alkyl halides is 3. The zero-order valence-corrected chi connectivity index (χ0v) is 14.7. The number of hydrogen-bond acceptors (Lipinski definition) is 6. The first-order valence-electron chi connectivity index (χ1n) is 8.11. The molecule has 0 unspecified atom stereocenters. The second-order valence-electron chi connectivity index (χ2n) is 5.88. The molecule has 0 saturated heterocycles. The summed E-state index contributed by atoms with van der Waals surface area (Å²) in [6.45, 7) is 0. The standard InChI is InChI=1S/C18H11F3N4O4/c1-28-17(27)13-9-23-25-14-5-6-24(16(26)12(14)8-22-15(13)25)10-3-2-4-11(7-10)29-18(19,20)21/h2-9H,1H3. The van der Waals surface area contributed by atoms with E-state index in [0.29, 0.717) is 5.52 Å². The molecule has 0 amide bonds. The molecular formula is C18H11F3N4O4. The minimum Gasteiger partial charge on any atom is -0.465 e. The van der Waals surface area contributed by atoms with Gasteiger partial charge in [0, 0.05) is 18.5 Å². The maximum Gasteiger partial charge on any atom is 0.573 e. The molecule has 0 spiro atoms. The van der Waals surface area contributed by atoms with Gasteiger partial charge in [-0.05, 0) is 18.2 Å². The average Bonchev–Trinajstić information content (AvgIpc) is 3.11. The fourth-order valence-electron chi connectivity index (χ4n) is 2.90. The summed E-state index contributed by atoms with van der Waals surface area (Å²) in [4.78, 5) is 28.8. The van der Waals surface area contributed by atoms with Crippen molar-refractivity contribution >= 4 is 22.5 Å². The highest BCUT2D eigenvalue weighted by Gasteiger charge is 2.31. The number of ether oxygens (including phenoxy) is 2. The number of carbonyl (C=O) groups excluding carboxylic acids is 1. The van der Waals surface area contributed by atoms with Crippen LogP contribution in [0.15, 0.2) is 53.7 Å². The van der Waals surface area contributed by atoms with Crippen molar-refractivity contribution < 1.29 is 27.4 Å². The lowest BCUT2D eigenvalue weighted by Gasteiger charge is -2.12. The zero-order valence-electron chi connectivity index (χ0n) is 14.7. The van der Waals surface area contributed by atoms with Crippen molar-refractivity contribution in [2.75, 3.05) is 7.11 Å². The van der Waals surface area contributed by atoms with E-state index >= 15 is 0 Å². The minimum atomic E-state index is -4.85. The van der Waals surface area contributed by atoms with Crippen molar-refractivity contribution in [3.05, 3.63) is 64.8 Å². The maximum absolute atomic E-state index is 12.9. The Bertz CT molecular complexity index is 1310. The smallest absolute Gasteiger partial charge is 0.465 e. The van der Waals surface area contributed by atoms with Gasteiger partial charge in [0.2, 0.25) is 0 Å². The van der Waals surface area contributed by atoms with Crippen LogP contribution in [0.5, 0.6) is 5.75 Å². The molecule has 29 heavy (non-hydrogen) atoms. The highest BCUT2D eigenvalue weighted by molar-refractivity contribution is 5.96. The molecule has 3 heterocycles. The van der Waals surface area contributed by atoms with Gasteiger partial charge in [0.15, 0.2) is 5.65 Å². The summed E-state index contributed by atoms with van der Waals surface area (Å²) in [7, 11) is 1.22. The average molecular weight is 404 g/mol. The molecule has 4 rings (SSSR count). The van der Waals surface area contributed by atoms with E-state index in [1.165, 1.54) is 48.4 Å². The quantitative estimate of drug-likeness (QED) is 0.488. The third-order valence-electron chi connectivity index (χ3n) is 4.13. The van der Waals surface area contributed by atoms with E-state index in [0.717, 1.165) is 16.7 Å². The van der Waals surface area contributed by atoms with Gasteiger partial charge in [0.1, 0.15) is 11.3 Å². The maximum atomic E-state index is 12.9. The molecule has 11 heteroatoms.